The highest BCUT2D eigenvalue weighted by Crippen LogP contribution is 2.27. The fraction of sp³-hybridized carbons (Fsp3) is 0.350. The molecule has 2 aromatic carbocycles. The second-order valence-electron chi connectivity index (χ2n) is 6.75. The van der Waals surface area contributed by atoms with E-state index in [-0.39, 0.29) is 10.7 Å². The third-order valence-corrected chi connectivity index (χ3v) is 7.25. The first-order chi connectivity index (χ1) is 13.8. The molecule has 1 aliphatic heterocycles. The molecular weight excluding hydrogens is 435 g/mol. The van der Waals surface area contributed by atoms with E-state index in [4.69, 9.17) is 27.9 Å². The minimum Gasteiger partial charge on any atom is -0.491 e. The van der Waals surface area contributed by atoms with Crippen LogP contribution in [0, 0.1) is 0 Å². The maximum Gasteiger partial charge on any atom is 0.243 e. The summed E-state index contributed by atoms with van der Waals surface area (Å²) in [6.45, 7) is 4.55. The minimum atomic E-state index is -3.57. The lowest BCUT2D eigenvalue weighted by molar-refractivity contribution is 0.101. The molecule has 3 rings (SSSR count). The second-order valence-corrected chi connectivity index (χ2v) is 9.53. The number of Topliss-reactive ketones (excluding diaryl/α,β-unsaturated/α-hetero) is 1. The Labute approximate surface area is 181 Å². The van der Waals surface area contributed by atoms with Crippen LogP contribution in [0.25, 0.3) is 0 Å². The summed E-state index contributed by atoms with van der Waals surface area (Å²) in [5, 5.41) is 1.06. The van der Waals surface area contributed by atoms with Gasteiger partial charge in [-0.25, -0.2) is 8.42 Å². The molecule has 0 amide bonds. The first-order valence-corrected chi connectivity index (χ1v) is 11.4. The highest BCUT2D eigenvalue weighted by molar-refractivity contribution is 7.89. The van der Waals surface area contributed by atoms with Crippen molar-refractivity contribution in [2.45, 2.75) is 11.8 Å². The number of benzene rings is 2. The van der Waals surface area contributed by atoms with Crippen LogP contribution >= 0.6 is 23.2 Å². The molecule has 1 saturated heterocycles. The maximum atomic E-state index is 12.8. The van der Waals surface area contributed by atoms with Crippen LogP contribution in [0.3, 0.4) is 0 Å². The average Bonchev–Trinajstić information content (AvgIpc) is 2.71. The van der Waals surface area contributed by atoms with E-state index in [1.165, 1.54) is 23.4 Å². The topological polar surface area (TPSA) is 66.9 Å². The van der Waals surface area contributed by atoms with E-state index in [2.05, 4.69) is 4.90 Å². The van der Waals surface area contributed by atoms with Crippen molar-refractivity contribution in [3.8, 4) is 5.75 Å². The Morgan fingerprint density at radius 3 is 2.31 bits per heavy atom. The molecule has 0 atom stereocenters. The van der Waals surface area contributed by atoms with Crippen molar-refractivity contribution in [2.24, 2.45) is 0 Å². The van der Waals surface area contributed by atoms with E-state index in [1.54, 1.807) is 30.3 Å². The van der Waals surface area contributed by atoms with Gasteiger partial charge in [-0.1, -0.05) is 35.3 Å². The number of ether oxygens (including phenoxy) is 1. The molecule has 0 aliphatic carbocycles. The Bertz CT molecular complexity index is 972. The molecule has 0 N–H and O–H groups in total. The number of ketones is 1. The summed E-state index contributed by atoms with van der Waals surface area (Å²) in [6.07, 6.45) is 0. The van der Waals surface area contributed by atoms with Gasteiger partial charge in [0, 0.05) is 49.4 Å². The predicted octanol–water partition coefficient (Wildman–Crippen LogP) is 3.58. The number of halogens is 2. The fourth-order valence-electron chi connectivity index (χ4n) is 3.08. The summed E-state index contributed by atoms with van der Waals surface area (Å²) in [5.41, 5.74) is 0.494. The standard InChI is InChI=1S/C20H22Cl2N2O4S/c1-15(25)16-2-5-18(6-3-16)29(26,27)24-10-8-23(9-11-24)12-13-28-20-14-17(21)4-7-19(20)22/h2-7,14H,8-13H2,1H3. The van der Waals surface area contributed by atoms with Gasteiger partial charge in [-0.2, -0.15) is 4.31 Å². The second kappa shape index (κ2) is 9.45. The molecule has 1 aliphatic rings. The van der Waals surface area contributed by atoms with Crippen LogP contribution in [0.4, 0.5) is 0 Å². The van der Waals surface area contributed by atoms with Gasteiger partial charge in [0.2, 0.25) is 10.0 Å². The molecule has 1 fully saturated rings. The van der Waals surface area contributed by atoms with E-state index >= 15 is 0 Å². The monoisotopic (exact) mass is 456 g/mol. The van der Waals surface area contributed by atoms with Gasteiger partial charge in [0.15, 0.2) is 5.78 Å². The van der Waals surface area contributed by atoms with Gasteiger partial charge in [-0.05, 0) is 31.2 Å². The van der Waals surface area contributed by atoms with Gasteiger partial charge < -0.3 is 4.74 Å². The molecule has 0 aromatic heterocycles. The minimum absolute atomic E-state index is 0.0937. The van der Waals surface area contributed by atoms with Crippen molar-refractivity contribution in [1.29, 1.82) is 0 Å². The summed E-state index contributed by atoms with van der Waals surface area (Å²) < 4.78 is 32.8. The fourth-order valence-corrected chi connectivity index (χ4v) is 4.83. The van der Waals surface area contributed by atoms with Gasteiger partial charge in [0.1, 0.15) is 12.4 Å². The zero-order valence-corrected chi connectivity index (χ0v) is 18.3. The lowest BCUT2D eigenvalue weighted by Crippen LogP contribution is -2.49. The Kier molecular flexibility index (Phi) is 7.19. The maximum absolute atomic E-state index is 12.8. The normalized spacial score (nSPS) is 16.0. The van der Waals surface area contributed by atoms with Crippen LogP contribution in [0.15, 0.2) is 47.4 Å². The van der Waals surface area contributed by atoms with E-state index in [9.17, 15) is 13.2 Å². The molecule has 0 unspecified atom stereocenters. The van der Waals surface area contributed by atoms with E-state index < -0.39 is 10.0 Å². The highest BCUT2D eigenvalue weighted by atomic mass is 35.5. The third-order valence-electron chi connectivity index (χ3n) is 4.79. The lowest BCUT2D eigenvalue weighted by Gasteiger charge is -2.33. The molecule has 6 nitrogen and oxygen atoms in total. The Morgan fingerprint density at radius 1 is 1.03 bits per heavy atom. The van der Waals surface area contributed by atoms with Crippen LogP contribution in [-0.4, -0.2) is 62.7 Å². The van der Waals surface area contributed by atoms with E-state index in [0.717, 1.165) is 0 Å². The summed E-state index contributed by atoms with van der Waals surface area (Å²) in [4.78, 5) is 13.7. The molecule has 29 heavy (non-hydrogen) atoms. The molecular formula is C20H22Cl2N2O4S. The molecule has 9 heteroatoms. The summed E-state index contributed by atoms with van der Waals surface area (Å²) in [6, 6.07) is 11.1. The van der Waals surface area contributed by atoms with Crippen LogP contribution in [0.5, 0.6) is 5.75 Å². The molecule has 0 bridgehead atoms. The average molecular weight is 457 g/mol. The number of carbonyl (C=O) groups is 1. The van der Waals surface area contributed by atoms with Gasteiger partial charge in [-0.3, -0.25) is 9.69 Å². The van der Waals surface area contributed by atoms with Crippen LogP contribution < -0.4 is 4.74 Å². The largest absolute Gasteiger partial charge is 0.491 e. The third kappa shape index (κ3) is 5.49. The summed E-state index contributed by atoms with van der Waals surface area (Å²) in [5.74, 6) is 0.443. The van der Waals surface area contributed by atoms with Gasteiger partial charge in [0.25, 0.3) is 0 Å². The Morgan fingerprint density at radius 2 is 1.69 bits per heavy atom. The molecule has 2 aromatic rings. The van der Waals surface area contributed by atoms with Crippen molar-refractivity contribution >= 4 is 39.0 Å². The summed E-state index contributed by atoms with van der Waals surface area (Å²) >= 11 is 12.0. The Balaban J connectivity index is 1.51. The number of hydrogen-bond donors (Lipinski definition) is 0. The molecule has 0 saturated carbocycles. The molecule has 1 heterocycles. The van der Waals surface area contributed by atoms with Crippen molar-refractivity contribution in [3.05, 3.63) is 58.1 Å². The number of nitrogens with zero attached hydrogens (tertiary/aromatic N) is 2. The molecule has 0 radical (unpaired) electrons. The van der Waals surface area contributed by atoms with Crippen molar-refractivity contribution in [2.75, 3.05) is 39.3 Å². The van der Waals surface area contributed by atoms with Crippen molar-refractivity contribution < 1.29 is 17.9 Å². The highest BCUT2D eigenvalue weighted by Gasteiger charge is 2.28. The van der Waals surface area contributed by atoms with E-state index in [0.29, 0.717) is 60.7 Å². The number of hydrogen-bond acceptors (Lipinski definition) is 5. The lowest BCUT2D eigenvalue weighted by atomic mass is 10.2. The van der Waals surface area contributed by atoms with Gasteiger partial charge in [-0.15, -0.1) is 0 Å². The van der Waals surface area contributed by atoms with Crippen LogP contribution in [0.1, 0.15) is 17.3 Å². The van der Waals surface area contributed by atoms with Crippen LogP contribution in [0.2, 0.25) is 10.0 Å². The van der Waals surface area contributed by atoms with Crippen molar-refractivity contribution in [1.82, 2.24) is 9.21 Å². The number of carbonyl (C=O) groups excluding carboxylic acids is 1. The SMILES string of the molecule is CC(=O)c1ccc(S(=O)(=O)N2CCN(CCOc3cc(Cl)ccc3Cl)CC2)cc1. The number of sulfonamides is 1. The van der Waals surface area contributed by atoms with Crippen LogP contribution in [-0.2, 0) is 10.0 Å². The Hall–Kier alpha value is -1.64. The summed E-state index contributed by atoms with van der Waals surface area (Å²) in [7, 11) is -3.57. The molecule has 0 spiro atoms. The molecule has 156 valence electrons. The van der Waals surface area contributed by atoms with Gasteiger partial charge in [0.05, 0.1) is 9.92 Å². The number of piperazine rings is 1. The quantitative estimate of drug-likeness (QED) is 0.595. The smallest absolute Gasteiger partial charge is 0.243 e. The van der Waals surface area contributed by atoms with Crippen molar-refractivity contribution in [3.63, 3.8) is 0 Å². The van der Waals surface area contributed by atoms with E-state index in [1.807, 2.05) is 0 Å². The first-order valence-electron chi connectivity index (χ1n) is 9.19. The van der Waals surface area contributed by atoms with Gasteiger partial charge >= 0.3 is 0 Å². The predicted molar refractivity (Wildman–Crippen MR) is 114 cm³/mol. The zero-order valence-electron chi connectivity index (χ0n) is 16.0. The number of rotatable bonds is 7. The first kappa shape index (κ1) is 22.1. The zero-order chi connectivity index (χ0) is 21.0.